The van der Waals surface area contributed by atoms with Crippen molar-refractivity contribution < 1.29 is 4.79 Å². The van der Waals surface area contributed by atoms with E-state index in [1.807, 2.05) is 18.8 Å². The van der Waals surface area contributed by atoms with Crippen LogP contribution in [-0.2, 0) is 6.54 Å². The van der Waals surface area contributed by atoms with Gasteiger partial charge in [0.15, 0.2) is 5.78 Å². The molecular formula is C13H21BrN4O. The molecule has 1 aromatic rings. The van der Waals surface area contributed by atoms with E-state index in [9.17, 15) is 4.79 Å². The second kappa shape index (κ2) is 6.63. The highest BCUT2D eigenvalue weighted by atomic mass is 79.9. The minimum Gasteiger partial charge on any atom is -0.316 e. The van der Waals surface area contributed by atoms with Crippen molar-refractivity contribution >= 4 is 21.7 Å². The molecule has 1 atom stereocenters. The van der Waals surface area contributed by atoms with Gasteiger partial charge in [-0.25, -0.2) is 0 Å². The Bertz CT molecular complexity index is 438. The Kier molecular flexibility index (Phi) is 5.13. The maximum Gasteiger partial charge on any atom is 0.182 e. The van der Waals surface area contributed by atoms with E-state index in [0.717, 1.165) is 37.1 Å². The summed E-state index contributed by atoms with van der Waals surface area (Å²) in [6.07, 6.45) is 3.42. The average Bonchev–Trinajstić information content (AvgIpc) is 2.96. The minimum absolute atomic E-state index is 0.192. The van der Waals surface area contributed by atoms with Crippen LogP contribution in [-0.4, -0.2) is 54.2 Å². The van der Waals surface area contributed by atoms with Gasteiger partial charge in [0.2, 0.25) is 0 Å². The zero-order chi connectivity index (χ0) is 13.8. The molecular weight excluding hydrogens is 308 g/mol. The Labute approximate surface area is 122 Å². The van der Waals surface area contributed by atoms with E-state index in [1.165, 1.54) is 0 Å². The second-order valence-corrected chi connectivity index (χ2v) is 6.21. The number of aromatic nitrogens is 2. The SMILES string of the molecule is CN(C)CCn1ncc(Br)c1C(=O)CC1CCNC1. The summed E-state index contributed by atoms with van der Waals surface area (Å²) in [6.45, 7) is 3.59. The van der Waals surface area contributed by atoms with Crippen molar-refractivity contribution in [2.24, 2.45) is 5.92 Å². The van der Waals surface area contributed by atoms with Crippen LogP contribution in [0.3, 0.4) is 0 Å². The lowest BCUT2D eigenvalue weighted by Crippen LogP contribution is -2.22. The fourth-order valence-corrected chi connectivity index (χ4v) is 2.87. The van der Waals surface area contributed by atoms with Crippen molar-refractivity contribution in [2.45, 2.75) is 19.4 Å². The number of hydrogen-bond acceptors (Lipinski definition) is 4. The summed E-state index contributed by atoms with van der Waals surface area (Å²) in [5, 5.41) is 7.59. The van der Waals surface area contributed by atoms with Gasteiger partial charge in [-0.1, -0.05) is 0 Å². The summed E-state index contributed by atoms with van der Waals surface area (Å²) in [7, 11) is 4.04. The van der Waals surface area contributed by atoms with Crippen molar-refractivity contribution in [2.75, 3.05) is 33.7 Å². The van der Waals surface area contributed by atoms with Gasteiger partial charge < -0.3 is 10.2 Å². The van der Waals surface area contributed by atoms with E-state index in [0.29, 0.717) is 18.0 Å². The zero-order valence-electron chi connectivity index (χ0n) is 11.5. The molecule has 0 bridgehead atoms. The molecule has 1 N–H and O–H groups in total. The smallest absolute Gasteiger partial charge is 0.182 e. The van der Waals surface area contributed by atoms with Gasteiger partial charge in [0.1, 0.15) is 5.69 Å². The van der Waals surface area contributed by atoms with Crippen LogP contribution < -0.4 is 5.32 Å². The molecule has 6 heteroatoms. The first-order chi connectivity index (χ1) is 9.08. The molecule has 0 aliphatic carbocycles. The Morgan fingerprint density at radius 2 is 2.42 bits per heavy atom. The first-order valence-corrected chi connectivity index (χ1v) is 7.47. The fraction of sp³-hybridized carbons (Fsp3) is 0.692. The normalized spacial score (nSPS) is 19.3. The molecule has 0 aromatic carbocycles. The van der Waals surface area contributed by atoms with E-state index < -0.39 is 0 Å². The molecule has 2 heterocycles. The molecule has 0 saturated carbocycles. The average molecular weight is 329 g/mol. The monoisotopic (exact) mass is 328 g/mol. The molecule has 1 aliphatic rings. The molecule has 1 fully saturated rings. The number of carbonyl (C=O) groups excluding carboxylic acids is 1. The van der Waals surface area contributed by atoms with E-state index in [4.69, 9.17) is 0 Å². The predicted octanol–water partition coefficient (Wildman–Crippen LogP) is 1.39. The Morgan fingerprint density at radius 1 is 1.63 bits per heavy atom. The van der Waals surface area contributed by atoms with Gasteiger partial charge >= 0.3 is 0 Å². The highest BCUT2D eigenvalue weighted by molar-refractivity contribution is 9.10. The summed E-state index contributed by atoms with van der Waals surface area (Å²) in [4.78, 5) is 14.5. The molecule has 2 rings (SSSR count). The molecule has 1 aliphatic heterocycles. The first kappa shape index (κ1) is 14.7. The molecule has 5 nitrogen and oxygen atoms in total. The largest absolute Gasteiger partial charge is 0.316 e. The molecule has 1 aromatic heterocycles. The van der Waals surface area contributed by atoms with Crippen LogP contribution in [0.5, 0.6) is 0 Å². The topological polar surface area (TPSA) is 50.2 Å². The van der Waals surface area contributed by atoms with Gasteiger partial charge in [0, 0.05) is 13.0 Å². The number of rotatable bonds is 6. The summed E-state index contributed by atoms with van der Waals surface area (Å²) in [5.41, 5.74) is 0.716. The Hall–Kier alpha value is -0.720. The number of Topliss-reactive ketones (excluding diaryl/α,β-unsaturated/α-hetero) is 1. The van der Waals surface area contributed by atoms with E-state index >= 15 is 0 Å². The predicted molar refractivity (Wildman–Crippen MR) is 78.4 cm³/mol. The third-order valence-corrected chi connectivity index (χ3v) is 4.03. The summed E-state index contributed by atoms with van der Waals surface area (Å²) < 4.78 is 2.62. The van der Waals surface area contributed by atoms with Gasteiger partial charge in [-0.2, -0.15) is 5.10 Å². The fourth-order valence-electron chi connectivity index (χ4n) is 2.35. The number of likely N-dealkylation sites (N-methyl/N-ethyl adjacent to an activating group) is 1. The van der Waals surface area contributed by atoms with E-state index in [1.54, 1.807) is 6.20 Å². The lowest BCUT2D eigenvalue weighted by molar-refractivity contribution is 0.0952. The Morgan fingerprint density at radius 3 is 3.05 bits per heavy atom. The van der Waals surface area contributed by atoms with Crippen LogP contribution in [0.15, 0.2) is 10.7 Å². The number of carbonyl (C=O) groups is 1. The number of nitrogens with one attached hydrogen (secondary N) is 1. The lowest BCUT2D eigenvalue weighted by atomic mass is 10.0. The van der Waals surface area contributed by atoms with E-state index in [-0.39, 0.29) is 5.78 Å². The minimum atomic E-state index is 0.192. The van der Waals surface area contributed by atoms with Crippen molar-refractivity contribution in [3.05, 3.63) is 16.4 Å². The molecule has 1 saturated heterocycles. The van der Waals surface area contributed by atoms with Crippen molar-refractivity contribution in [1.29, 1.82) is 0 Å². The molecule has 0 radical (unpaired) electrons. The summed E-state index contributed by atoms with van der Waals surface area (Å²) >= 11 is 3.44. The van der Waals surface area contributed by atoms with Crippen molar-refractivity contribution in [3.63, 3.8) is 0 Å². The molecule has 19 heavy (non-hydrogen) atoms. The van der Waals surface area contributed by atoms with Gasteiger partial charge in [-0.3, -0.25) is 9.48 Å². The molecule has 0 amide bonds. The zero-order valence-corrected chi connectivity index (χ0v) is 13.1. The van der Waals surface area contributed by atoms with Crippen LogP contribution in [0.25, 0.3) is 0 Å². The maximum atomic E-state index is 12.4. The highest BCUT2D eigenvalue weighted by Crippen LogP contribution is 2.21. The first-order valence-electron chi connectivity index (χ1n) is 6.68. The molecule has 1 unspecified atom stereocenters. The third-order valence-electron chi connectivity index (χ3n) is 3.45. The van der Waals surface area contributed by atoms with Gasteiger partial charge in [-0.05, 0) is 55.5 Å². The van der Waals surface area contributed by atoms with Crippen LogP contribution in [0.4, 0.5) is 0 Å². The van der Waals surface area contributed by atoms with E-state index in [2.05, 4.69) is 31.2 Å². The van der Waals surface area contributed by atoms with Gasteiger partial charge in [0.05, 0.1) is 17.2 Å². The maximum absolute atomic E-state index is 12.4. The quantitative estimate of drug-likeness (QED) is 0.802. The highest BCUT2D eigenvalue weighted by Gasteiger charge is 2.23. The molecule has 0 spiro atoms. The number of ketones is 1. The lowest BCUT2D eigenvalue weighted by Gasteiger charge is -2.13. The van der Waals surface area contributed by atoms with Crippen molar-refractivity contribution in [1.82, 2.24) is 20.0 Å². The standard InChI is InChI=1S/C13H21BrN4O/c1-17(2)5-6-18-13(11(14)9-16-18)12(19)7-10-3-4-15-8-10/h9-10,15H,3-8H2,1-2H3. The second-order valence-electron chi connectivity index (χ2n) is 5.35. The number of hydrogen-bond donors (Lipinski definition) is 1. The summed E-state index contributed by atoms with van der Waals surface area (Å²) in [6, 6.07) is 0. The van der Waals surface area contributed by atoms with Crippen molar-refractivity contribution in [3.8, 4) is 0 Å². The van der Waals surface area contributed by atoms with Crippen LogP contribution in [0.1, 0.15) is 23.3 Å². The van der Waals surface area contributed by atoms with Crippen LogP contribution in [0, 0.1) is 5.92 Å². The van der Waals surface area contributed by atoms with Gasteiger partial charge in [0.25, 0.3) is 0 Å². The van der Waals surface area contributed by atoms with Gasteiger partial charge in [-0.15, -0.1) is 0 Å². The molecule has 106 valence electrons. The van der Waals surface area contributed by atoms with Crippen LogP contribution in [0.2, 0.25) is 0 Å². The summed E-state index contributed by atoms with van der Waals surface area (Å²) in [5.74, 6) is 0.661. The third kappa shape index (κ3) is 3.87. The van der Waals surface area contributed by atoms with Crippen LogP contribution >= 0.6 is 15.9 Å². The number of halogens is 1. The number of nitrogens with zero attached hydrogens (tertiary/aromatic N) is 3. The Balaban J connectivity index is 2.04.